The van der Waals surface area contributed by atoms with Crippen LogP contribution in [0, 0.1) is 6.92 Å². The van der Waals surface area contributed by atoms with Crippen molar-refractivity contribution in [2.24, 2.45) is 0 Å². The molecule has 5 aromatic rings. The van der Waals surface area contributed by atoms with Crippen LogP contribution in [0.5, 0.6) is 0 Å². The summed E-state index contributed by atoms with van der Waals surface area (Å²) in [6.07, 6.45) is 5.41. The van der Waals surface area contributed by atoms with Gasteiger partial charge in [0.05, 0.1) is 30.2 Å². The summed E-state index contributed by atoms with van der Waals surface area (Å²) in [4.78, 5) is 25.0. The second kappa shape index (κ2) is 14.0. The minimum atomic E-state index is -0.539. The van der Waals surface area contributed by atoms with Crippen molar-refractivity contribution in [3.05, 3.63) is 119 Å². The number of hydrogen-bond donors (Lipinski definition) is 2. The van der Waals surface area contributed by atoms with Crippen LogP contribution < -0.4 is 10.6 Å². The van der Waals surface area contributed by atoms with E-state index in [-0.39, 0.29) is 5.91 Å². The number of nitrogens with zero attached hydrogens (tertiary/aromatic N) is 6. The molecule has 0 radical (unpaired) electrons. The molecule has 2 N–H and O–H groups in total. The number of ether oxygens (including phenoxy) is 1. The Kier molecular flexibility index (Phi) is 9.45. The number of benzene rings is 3. The predicted molar refractivity (Wildman–Crippen MR) is 167 cm³/mol. The van der Waals surface area contributed by atoms with E-state index in [0.29, 0.717) is 24.2 Å². The molecule has 0 saturated heterocycles. The number of amides is 2. The fourth-order valence-corrected chi connectivity index (χ4v) is 4.77. The van der Waals surface area contributed by atoms with Crippen LogP contribution in [-0.2, 0) is 22.4 Å². The third-order valence-corrected chi connectivity index (χ3v) is 7.00. The molecule has 3 aromatic carbocycles. The highest BCUT2D eigenvalue weighted by molar-refractivity contribution is 5.92. The van der Waals surface area contributed by atoms with Crippen molar-refractivity contribution in [1.82, 2.24) is 35.7 Å². The molecule has 0 aliphatic carbocycles. The number of anilines is 1. The number of rotatable bonds is 10. The second-order valence-electron chi connectivity index (χ2n) is 10.1. The lowest BCUT2D eigenvalue weighted by Gasteiger charge is -2.19. The lowest BCUT2D eigenvalue weighted by molar-refractivity contribution is -0.117. The molecule has 222 valence electrons. The Bertz CT molecular complexity index is 1750. The normalized spacial score (nSPS) is 11.7. The number of aryl methyl sites for hydroxylation is 2. The number of carbonyl (C=O) groups excluding carboxylic acids is 2. The second-order valence-corrected chi connectivity index (χ2v) is 10.1. The smallest absolute Gasteiger partial charge is 0.411 e. The summed E-state index contributed by atoms with van der Waals surface area (Å²) in [5.41, 5.74) is 7.50. The molecule has 11 nitrogen and oxygen atoms in total. The zero-order chi connectivity index (χ0) is 30.9. The molecule has 1 atom stereocenters. The molecule has 0 unspecified atom stereocenters. The van der Waals surface area contributed by atoms with Gasteiger partial charge in [0.15, 0.2) is 0 Å². The lowest BCUT2D eigenvalue weighted by Crippen LogP contribution is -2.29. The SMILES string of the molecule is CCc1nnc([C@H](Cc2ccccc2)NC(=O)/C=C/c2cc(C)ccc2-n2cnnn2)cc1-c1ccc(NC(=O)OC)cc1. The molecule has 0 aliphatic heterocycles. The summed E-state index contributed by atoms with van der Waals surface area (Å²) in [5.74, 6) is -0.281. The third-order valence-electron chi connectivity index (χ3n) is 7.00. The van der Waals surface area contributed by atoms with Crippen molar-refractivity contribution in [2.75, 3.05) is 12.4 Å². The minimum Gasteiger partial charge on any atom is -0.453 e. The van der Waals surface area contributed by atoms with E-state index in [1.807, 2.05) is 80.6 Å². The van der Waals surface area contributed by atoms with Crippen LogP contribution in [0.1, 0.15) is 41.0 Å². The Morgan fingerprint density at radius 2 is 1.80 bits per heavy atom. The summed E-state index contributed by atoms with van der Waals surface area (Å²) >= 11 is 0. The fourth-order valence-electron chi connectivity index (χ4n) is 4.77. The summed E-state index contributed by atoms with van der Waals surface area (Å²) in [6, 6.07) is 24.7. The first-order valence-corrected chi connectivity index (χ1v) is 14.1. The van der Waals surface area contributed by atoms with E-state index in [0.717, 1.165) is 39.2 Å². The van der Waals surface area contributed by atoms with Crippen molar-refractivity contribution in [3.63, 3.8) is 0 Å². The van der Waals surface area contributed by atoms with Gasteiger partial charge in [-0.3, -0.25) is 10.1 Å². The van der Waals surface area contributed by atoms with Crippen LogP contribution in [0.15, 0.2) is 91.3 Å². The number of aromatic nitrogens is 6. The Balaban J connectivity index is 1.44. The molecule has 0 fully saturated rings. The first kappa shape index (κ1) is 29.8. The number of tetrazole rings is 1. The van der Waals surface area contributed by atoms with Gasteiger partial charge in [0.1, 0.15) is 6.33 Å². The summed E-state index contributed by atoms with van der Waals surface area (Å²) in [7, 11) is 1.32. The van der Waals surface area contributed by atoms with Gasteiger partial charge in [-0.2, -0.15) is 14.9 Å². The van der Waals surface area contributed by atoms with Gasteiger partial charge in [0.2, 0.25) is 5.91 Å². The van der Waals surface area contributed by atoms with Gasteiger partial charge >= 0.3 is 6.09 Å². The maximum atomic E-state index is 13.4. The van der Waals surface area contributed by atoms with E-state index in [2.05, 4.69) is 41.1 Å². The Labute approximate surface area is 255 Å². The van der Waals surface area contributed by atoms with Gasteiger partial charge in [-0.05, 0) is 77.7 Å². The number of nitrogens with one attached hydrogen (secondary N) is 2. The van der Waals surface area contributed by atoms with Crippen molar-refractivity contribution < 1.29 is 14.3 Å². The van der Waals surface area contributed by atoms with Crippen molar-refractivity contribution in [1.29, 1.82) is 0 Å². The minimum absolute atomic E-state index is 0.281. The van der Waals surface area contributed by atoms with Crippen LogP contribution in [0.4, 0.5) is 10.5 Å². The summed E-state index contributed by atoms with van der Waals surface area (Å²) in [5, 5.41) is 26.3. The third kappa shape index (κ3) is 7.37. The molecule has 44 heavy (non-hydrogen) atoms. The average molecular weight is 589 g/mol. The van der Waals surface area contributed by atoms with Crippen LogP contribution in [0.3, 0.4) is 0 Å². The predicted octanol–water partition coefficient (Wildman–Crippen LogP) is 5.28. The number of hydrogen-bond acceptors (Lipinski definition) is 8. The van der Waals surface area contributed by atoms with Crippen molar-refractivity contribution in [2.45, 2.75) is 32.7 Å². The zero-order valence-electron chi connectivity index (χ0n) is 24.6. The standard InChI is InChI=1S/C33H32N8O3/c1-4-28-27(24-11-14-26(15-12-24)35-33(43)44-3)20-30(38-37-28)29(19-23-8-6-5-7-9-23)36-32(42)17-13-25-18-22(2)10-16-31(25)41-21-34-39-40-41/h5-18,20-21,29H,4,19H2,1-3H3,(H,35,43)(H,36,42)/b17-13+/t29-/m0/s1. The van der Waals surface area contributed by atoms with Crippen LogP contribution in [-0.4, -0.2) is 49.5 Å². The van der Waals surface area contributed by atoms with Gasteiger partial charge in [-0.1, -0.05) is 61.0 Å². The molecule has 0 saturated carbocycles. The van der Waals surface area contributed by atoms with Gasteiger partial charge in [-0.15, -0.1) is 5.10 Å². The maximum absolute atomic E-state index is 13.4. The Morgan fingerprint density at radius 1 is 1.00 bits per heavy atom. The van der Waals surface area contributed by atoms with E-state index < -0.39 is 12.1 Å². The highest BCUT2D eigenvalue weighted by atomic mass is 16.5. The first-order chi connectivity index (χ1) is 21.4. The van der Waals surface area contributed by atoms with Gasteiger partial charge in [0.25, 0.3) is 0 Å². The molecule has 2 amide bonds. The molecule has 11 heteroatoms. The topological polar surface area (TPSA) is 137 Å². The van der Waals surface area contributed by atoms with E-state index >= 15 is 0 Å². The monoisotopic (exact) mass is 588 g/mol. The average Bonchev–Trinajstić information content (AvgIpc) is 3.59. The van der Waals surface area contributed by atoms with Crippen LogP contribution >= 0.6 is 0 Å². The molecule has 0 aliphatic rings. The zero-order valence-corrected chi connectivity index (χ0v) is 24.6. The van der Waals surface area contributed by atoms with E-state index in [4.69, 9.17) is 0 Å². The summed E-state index contributed by atoms with van der Waals surface area (Å²) in [6.45, 7) is 4.00. The molecule has 2 aromatic heterocycles. The quantitative estimate of drug-likeness (QED) is 0.210. The molecule has 0 spiro atoms. The highest BCUT2D eigenvalue weighted by Gasteiger charge is 2.19. The fraction of sp³-hybridized carbons (Fsp3) is 0.182. The maximum Gasteiger partial charge on any atom is 0.411 e. The lowest BCUT2D eigenvalue weighted by atomic mass is 9.98. The highest BCUT2D eigenvalue weighted by Crippen LogP contribution is 2.28. The molecular formula is C33H32N8O3. The van der Waals surface area contributed by atoms with Crippen molar-refractivity contribution in [3.8, 4) is 16.8 Å². The van der Waals surface area contributed by atoms with E-state index in [1.165, 1.54) is 19.5 Å². The van der Waals surface area contributed by atoms with Crippen LogP contribution in [0.2, 0.25) is 0 Å². The molecule has 5 rings (SSSR count). The Hall–Kier alpha value is -5.71. The molecule has 0 bridgehead atoms. The largest absolute Gasteiger partial charge is 0.453 e. The van der Waals surface area contributed by atoms with Gasteiger partial charge in [0, 0.05) is 22.9 Å². The molecular weight excluding hydrogens is 556 g/mol. The number of methoxy groups -OCH3 is 1. The van der Waals surface area contributed by atoms with Gasteiger partial charge in [-0.25, -0.2) is 4.79 Å². The van der Waals surface area contributed by atoms with Crippen molar-refractivity contribution >= 4 is 23.8 Å². The molecule has 2 heterocycles. The summed E-state index contributed by atoms with van der Waals surface area (Å²) < 4.78 is 6.24. The first-order valence-electron chi connectivity index (χ1n) is 14.1. The Morgan fingerprint density at radius 3 is 2.50 bits per heavy atom. The van der Waals surface area contributed by atoms with E-state index in [1.54, 1.807) is 22.9 Å². The number of carbonyl (C=O) groups is 2. The van der Waals surface area contributed by atoms with Gasteiger partial charge < -0.3 is 10.1 Å². The van der Waals surface area contributed by atoms with Crippen LogP contribution in [0.25, 0.3) is 22.9 Å². The van der Waals surface area contributed by atoms with E-state index in [9.17, 15) is 9.59 Å².